The largest absolute Gasteiger partial charge is 0.277 e. The predicted octanol–water partition coefficient (Wildman–Crippen LogP) is 10.8. The van der Waals surface area contributed by atoms with Crippen molar-refractivity contribution in [2.45, 2.75) is 19.3 Å². The SMILES string of the molecule is CC1(C)c2ccccc2-c2c1c1sc3ccccc3c1c1c2c2ccccc2n1-c1nc(-c2ccccc2)nc(-c2ccc(C#N)cc2)n1. The zero-order chi connectivity index (χ0) is 32.9. The highest BCUT2D eigenvalue weighted by molar-refractivity contribution is 7.26. The molecule has 3 aromatic heterocycles. The van der Waals surface area contributed by atoms with Gasteiger partial charge in [-0.3, -0.25) is 4.57 Å². The molecule has 230 valence electrons. The van der Waals surface area contributed by atoms with E-state index in [2.05, 4.69) is 97.3 Å². The Balaban J connectivity index is 1.42. The second-order valence-electron chi connectivity index (χ2n) is 13.1. The third-order valence-corrected chi connectivity index (χ3v) is 11.2. The van der Waals surface area contributed by atoms with Gasteiger partial charge in [-0.15, -0.1) is 11.3 Å². The Morgan fingerprint density at radius 1 is 0.653 bits per heavy atom. The Bertz CT molecular complexity index is 2850. The Labute approximate surface area is 286 Å². The van der Waals surface area contributed by atoms with Crippen LogP contribution < -0.4 is 0 Å². The number of benzene rings is 6. The molecule has 0 saturated heterocycles. The highest BCUT2D eigenvalue weighted by Gasteiger charge is 2.40. The van der Waals surface area contributed by atoms with Crippen molar-refractivity contribution >= 4 is 53.3 Å². The van der Waals surface area contributed by atoms with Crippen LogP contribution in [0.1, 0.15) is 30.5 Å². The second kappa shape index (κ2) is 10.2. The van der Waals surface area contributed by atoms with Crippen LogP contribution in [-0.2, 0) is 5.41 Å². The van der Waals surface area contributed by atoms with Crippen molar-refractivity contribution in [1.29, 1.82) is 5.26 Å². The average molecular weight is 646 g/mol. The summed E-state index contributed by atoms with van der Waals surface area (Å²) in [6.45, 7) is 4.74. The van der Waals surface area contributed by atoms with E-state index in [4.69, 9.17) is 15.0 Å². The second-order valence-corrected chi connectivity index (χ2v) is 14.2. The zero-order valence-corrected chi connectivity index (χ0v) is 27.6. The van der Waals surface area contributed by atoms with Crippen molar-refractivity contribution in [2.75, 3.05) is 0 Å². The third kappa shape index (κ3) is 3.88. The summed E-state index contributed by atoms with van der Waals surface area (Å²) in [4.78, 5) is 15.5. The Kier molecular flexibility index (Phi) is 5.79. The van der Waals surface area contributed by atoms with Crippen molar-refractivity contribution in [2.24, 2.45) is 0 Å². The topological polar surface area (TPSA) is 67.4 Å². The maximum Gasteiger partial charge on any atom is 0.238 e. The van der Waals surface area contributed by atoms with Crippen LogP contribution in [-0.4, -0.2) is 19.5 Å². The smallest absolute Gasteiger partial charge is 0.238 e. The van der Waals surface area contributed by atoms with Crippen molar-refractivity contribution in [3.05, 3.63) is 144 Å². The van der Waals surface area contributed by atoms with Gasteiger partial charge in [-0.1, -0.05) is 105 Å². The van der Waals surface area contributed by atoms with E-state index in [0.717, 1.165) is 22.2 Å². The van der Waals surface area contributed by atoms with Gasteiger partial charge in [0, 0.05) is 47.5 Å². The summed E-state index contributed by atoms with van der Waals surface area (Å²) in [5.41, 5.74) is 9.61. The molecule has 1 aliphatic rings. The lowest BCUT2D eigenvalue weighted by Gasteiger charge is -2.22. The highest BCUT2D eigenvalue weighted by atomic mass is 32.1. The number of rotatable bonds is 3. The Hall–Kier alpha value is -6.16. The van der Waals surface area contributed by atoms with E-state index in [1.807, 2.05) is 65.9 Å². The molecule has 10 rings (SSSR count). The Morgan fingerprint density at radius 3 is 2.08 bits per heavy atom. The maximum absolute atomic E-state index is 9.47. The van der Waals surface area contributed by atoms with Gasteiger partial charge >= 0.3 is 0 Å². The monoisotopic (exact) mass is 645 g/mol. The van der Waals surface area contributed by atoms with Gasteiger partial charge in [0.1, 0.15) is 0 Å². The standard InChI is InChI=1S/C43H27N5S/c1-43(2)31-17-9-6-14-28(31)34-35-29-15-7-10-18-32(29)48(38(35)36-30-16-8-11-19-33(30)49-39(36)37(34)43)42-46-40(26-12-4-3-5-13-26)45-41(47-42)27-22-20-25(24-44)21-23-27/h3-23H,1-2H3. The molecule has 0 amide bonds. The van der Waals surface area contributed by atoms with Crippen LogP contribution in [0.5, 0.6) is 0 Å². The van der Waals surface area contributed by atoms with Gasteiger partial charge < -0.3 is 0 Å². The number of nitrogens with zero attached hydrogens (tertiary/aromatic N) is 5. The van der Waals surface area contributed by atoms with Crippen LogP contribution in [0.4, 0.5) is 0 Å². The van der Waals surface area contributed by atoms with Gasteiger partial charge in [-0.2, -0.15) is 15.2 Å². The van der Waals surface area contributed by atoms with E-state index in [0.29, 0.717) is 23.2 Å². The van der Waals surface area contributed by atoms with Gasteiger partial charge in [-0.05, 0) is 58.7 Å². The molecule has 0 unspecified atom stereocenters. The quantitative estimate of drug-likeness (QED) is 0.192. The van der Waals surface area contributed by atoms with Crippen LogP contribution in [0.25, 0.3) is 81.8 Å². The number of fused-ring (bicyclic) bond motifs is 12. The number of hydrogen-bond acceptors (Lipinski definition) is 5. The zero-order valence-electron chi connectivity index (χ0n) is 26.8. The predicted molar refractivity (Wildman–Crippen MR) is 200 cm³/mol. The molecule has 6 aromatic carbocycles. The van der Waals surface area contributed by atoms with Crippen LogP contribution in [0, 0.1) is 11.3 Å². The minimum absolute atomic E-state index is 0.182. The first kappa shape index (κ1) is 27.9. The first-order chi connectivity index (χ1) is 24.0. The first-order valence-corrected chi connectivity index (χ1v) is 17.2. The summed E-state index contributed by atoms with van der Waals surface area (Å²) in [7, 11) is 0. The average Bonchev–Trinajstić information content (AvgIpc) is 3.77. The molecule has 0 radical (unpaired) electrons. The van der Waals surface area contributed by atoms with E-state index in [-0.39, 0.29) is 5.41 Å². The fourth-order valence-corrected chi connectivity index (χ4v) is 9.30. The van der Waals surface area contributed by atoms with Crippen LogP contribution in [0.15, 0.2) is 127 Å². The van der Waals surface area contributed by atoms with E-state index in [1.54, 1.807) is 0 Å². The molecule has 0 fully saturated rings. The molecule has 1 aliphatic carbocycles. The van der Waals surface area contributed by atoms with E-state index < -0.39 is 0 Å². The van der Waals surface area contributed by atoms with Gasteiger partial charge in [0.25, 0.3) is 0 Å². The molecule has 49 heavy (non-hydrogen) atoms. The van der Waals surface area contributed by atoms with Gasteiger partial charge in [-0.25, -0.2) is 4.98 Å². The summed E-state index contributed by atoms with van der Waals surface area (Å²) >= 11 is 1.88. The van der Waals surface area contributed by atoms with Crippen molar-refractivity contribution in [3.63, 3.8) is 0 Å². The summed E-state index contributed by atoms with van der Waals surface area (Å²) in [5, 5.41) is 14.3. The fourth-order valence-electron chi connectivity index (χ4n) is 7.88. The molecular formula is C43H27N5S. The van der Waals surface area contributed by atoms with Gasteiger partial charge in [0.15, 0.2) is 11.6 Å². The molecule has 5 nitrogen and oxygen atoms in total. The number of nitriles is 1. The van der Waals surface area contributed by atoms with Crippen LogP contribution in [0.3, 0.4) is 0 Å². The molecule has 9 aromatic rings. The lowest BCUT2D eigenvalue weighted by atomic mass is 9.81. The third-order valence-electron chi connectivity index (χ3n) is 10.1. The fraction of sp³-hybridized carbons (Fsp3) is 0.0698. The normalized spacial score (nSPS) is 13.2. The van der Waals surface area contributed by atoms with E-state index in [1.165, 1.54) is 53.2 Å². The summed E-state index contributed by atoms with van der Waals surface area (Å²) < 4.78 is 4.83. The highest BCUT2D eigenvalue weighted by Crippen LogP contribution is 2.58. The molecular weight excluding hydrogens is 619 g/mol. The lowest BCUT2D eigenvalue weighted by molar-refractivity contribution is 0.667. The summed E-state index contributed by atoms with van der Waals surface area (Å²) in [5.74, 6) is 1.70. The van der Waals surface area contributed by atoms with Crippen LogP contribution in [0.2, 0.25) is 0 Å². The summed E-state index contributed by atoms with van der Waals surface area (Å²) in [6.07, 6.45) is 0. The lowest BCUT2D eigenvalue weighted by Crippen LogP contribution is -2.15. The molecule has 0 spiro atoms. The van der Waals surface area contributed by atoms with Gasteiger partial charge in [0.05, 0.1) is 22.7 Å². The molecule has 0 N–H and O–H groups in total. The summed E-state index contributed by atoms with van der Waals surface area (Å²) in [6, 6.07) is 46.0. The van der Waals surface area contributed by atoms with Crippen LogP contribution >= 0.6 is 11.3 Å². The van der Waals surface area contributed by atoms with E-state index >= 15 is 0 Å². The molecule has 0 aliphatic heterocycles. The Morgan fingerprint density at radius 2 is 1.31 bits per heavy atom. The molecule has 0 saturated carbocycles. The number of thiophene rings is 1. The number of aromatic nitrogens is 4. The van der Waals surface area contributed by atoms with Crippen molar-refractivity contribution in [1.82, 2.24) is 19.5 Å². The van der Waals surface area contributed by atoms with Gasteiger partial charge in [0.2, 0.25) is 5.95 Å². The van der Waals surface area contributed by atoms with E-state index in [9.17, 15) is 5.26 Å². The molecule has 6 heteroatoms. The number of para-hydroxylation sites is 1. The molecule has 0 bridgehead atoms. The maximum atomic E-state index is 9.47. The van der Waals surface area contributed by atoms with Crippen molar-refractivity contribution in [3.8, 4) is 45.9 Å². The number of hydrogen-bond donors (Lipinski definition) is 0. The minimum atomic E-state index is -0.182. The van der Waals surface area contributed by atoms with Crippen molar-refractivity contribution < 1.29 is 0 Å². The minimum Gasteiger partial charge on any atom is -0.277 e. The first-order valence-electron chi connectivity index (χ1n) is 16.4. The molecule has 0 atom stereocenters. The molecule has 3 heterocycles.